The van der Waals surface area contributed by atoms with E-state index in [-0.39, 0.29) is 0 Å². The molecular weight excluding hydrogens is 735 g/mol. The zero-order chi connectivity index (χ0) is 38.9. The Labute approximate surface area is 347 Å². The summed E-state index contributed by atoms with van der Waals surface area (Å²) in [6.45, 7) is 0. The van der Waals surface area contributed by atoms with Crippen LogP contribution in [0.1, 0.15) is 11.5 Å². The molecule has 0 N–H and O–H groups in total. The molecule has 1 aliphatic heterocycles. The van der Waals surface area contributed by atoms with E-state index in [9.17, 15) is 0 Å². The van der Waals surface area contributed by atoms with Crippen molar-refractivity contribution >= 4 is 72.3 Å². The van der Waals surface area contributed by atoms with Crippen molar-refractivity contribution in [1.82, 2.24) is 0 Å². The molecule has 0 radical (unpaired) electrons. The smallest absolute Gasteiger partial charge is 0.135 e. The first-order valence-electron chi connectivity index (χ1n) is 20.3. The van der Waals surface area contributed by atoms with Crippen LogP contribution >= 0.6 is 11.8 Å². The summed E-state index contributed by atoms with van der Waals surface area (Å²) in [6.07, 6.45) is 9.08. The minimum absolute atomic E-state index is 0.401. The molecule has 2 aliphatic rings. The minimum atomic E-state index is 0.401. The summed E-state index contributed by atoms with van der Waals surface area (Å²) in [5.41, 5.74) is 13.5. The van der Waals surface area contributed by atoms with Crippen LogP contribution in [-0.2, 0) is 0 Å². The van der Waals surface area contributed by atoms with E-state index in [4.69, 9.17) is 4.42 Å². The number of hydrogen-bond acceptors (Lipinski definition) is 3. The number of allylic oxidation sites excluding steroid dienone is 3. The van der Waals surface area contributed by atoms with Gasteiger partial charge in [0, 0.05) is 43.8 Å². The zero-order valence-electron chi connectivity index (χ0n) is 32.1. The highest BCUT2D eigenvalue weighted by Crippen LogP contribution is 2.50. The Kier molecular flexibility index (Phi) is 7.95. The molecule has 2 atom stereocenters. The second-order valence-corrected chi connectivity index (χ2v) is 16.8. The Morgan fingerprint density at radius 1 is 0.424 bits per heavy atom. The third kappa shape index (κ3) is 5.73. The molecule has 3 heteroatoms. The van der Waals surface area contributed by atoms with Crippen molar-refractivity contribution in [2.75, 3.05) is 4.90 Å². The second kappa shape index (κ2) is 13.8. The van der Waals surface area contributed by atoms with Gasteiger partial charge in [-0.15, -0.1) is 11.8 Å². The van der Waals surface area contributed by atoms with Crippen molar-refractivity contribution in [1.29, 1.82) is 0 Å². The van der Waals surface area contributed by atoms with Crippen LogP contribution in [0.3, 0.4) is 0 Å². The Bertz CT molecular complexity index is 3340. The SMILES string of the molecule is C1=CC2Sc3ccc(-c4cccc(N(c5ccc6oc7ccccc7c6c5)c5cc(-c6cc7ccccc7c7ccccc67)ccc5-c5ccccc5)c4)cc3C2C=C1. The molecular formula is C56H37NOS. The largest absolute Gasteiger partial charge is 0.456 e. The van der Waals surface area contributed by atoms with E-state index in [0.29, 0.717) is 11.2 Å². The highest BCUT2D eigenvalue weighted by Gasteiger charge is 2.31. The van der Waals surface area contributed by atoms with E-state index in [2.05, 4.69) is 211 Å². The number of para-hydroxylation sites is 1. The van der Waals surface area contributed by atoms with Gasteiger partial charge in [-0.25, -0.2) is 0 Å². The second-order valence-electron chi connectivity index (χ2n) is 15.6. The molecule has 0 saturated heterocycles. The maximum absolute atomic E-state index is 6.37. The van der Waals surface area contributed by atoms with Crippen LogP contribution < -0.4 is 4.90 Å². The lowest BCUT2D eigenvalue weighted by Gasteiger charge is -2.29. The lowest BCUT2D eigenvalue weighted by Crippen LogP contribution is -2.11. The summed E-state index contributed by atoms with van der Waals surface area (Å²) < 4.78 is 6.37. The van der Waals surface area contributed by atoms with Gasteiger partial charge in [0.2, 0.25) is 0 Å². The lowest BCUT2D eigenvalue weighted by molar-refractivity contribution is 0.669. The molecule has 1 aliphatic carbocycles. The van der Waals surface area contributed by atoms with Crippen LogP contribution in [0.15, 0.2) is 222 Å². The molecule has 59 heavy (non-hydrogen) atoms. The van der Waals surface area contributed by atoms with E-state index in [1.165, 1.54) is 48.7 Å². The zero-order valence-corrected chi connectivity index (χ0v) is 32.9. The topological polar surface area (TPSA) is 16.4 Å². The molecule has 0 amide bonds. The van der Waals surface area contributed by atoms with E-state index in [1.807, 2.05) is 17.8 Å². The highest BCUT2D eigenvalue weighted by molar-refractivity contribution is 8.00. The van der Waals surface area contributed by atoms with E-state index in [0.717, 1.165) is 55.7 Å². The summed E-state index contributed by atoms with van der Waals surface area (Å²) in [4.78, 5) is 3.83. The quantitative estimate of drug-likeness (QED) is 0.157. The molecule has 2 heterocycles. The molecule has 0 saturated carbocycles. The van der Waals surface area contributed by atoms with Crippen molar-refractivity contribution in [3.05, 3.63) is 218 Å². The Hall–Kier alpha value is -7.07. The Balaban J connectivity index is 1.10. The molecule has 2 unspecified atom stereocenters. The van der Waals surface area contributed by atoms with Gasteiger partial charge in [0.05, 0.1) is 5.69 Å². The van der Waals surface area contributed by atoms with Gasteiger partial charge in [0.15, 0.2) is 0 Å². The predicted octanol–water partition coefficient (Wildman–Crippen LogP) is 16.0. The van der Waals surface area contributed by atoms with Crippen LogP contribution in [0.25, 0.3) is 76.9 Å². The normalized spacial score (nSPS) is 15.6. The van der Waals surface area contributed by atoms with E-state index < -0.39 is 0 Å². The van der Waals surface area contributed by atoms with Crippen LogP contribution in [0, 0.1) is 0 Å². The van der Waals surface area contributed by atoms with E-state index >= 15 is 0 Å². The van der Waals surface area contributed by atoms with Crippen molar-refractivity contribution in [2.45, 2.75) is 16.1 Å². The molecule has 0 bridgehead atoms. The van der Waals surface area contributed by atoms with Gasteiger partial charge < -0.3 is 9.32 Å². The van der Waals surface area contributed by atoms with Gasteiger partial charge in [-0.2, -0.15) is 0 Å². The van der Waals surface area contributed by atoms with Crippen LogP contribution in [0.5, 0.6) is 0 Å². The summed E-state index contributed by atoms with van der Waals surface area (Å²) in [6, 6.07) is 68.8. The van der Waals surface area contributed by atoms with Crippen molar-refractivity contribution in [2.24, 2.45) is 0 Å². The summed E-state index contributed by atoms with van der Waals surface area (Å²) >= 11 is 1.97. The molecule has 278 valence electrons. The Morgan fingerprint density at radius 3 is 2.05 bits per heavy atom. The summed E-state index contributed by atoms with van der Waals surface area (Å²) in [7, 11) is 0. The monoisotopic (exact) mass is 771 g/mol. The first kappa shape index (κ1) is 34.0. The predicted molar refractivity (Wildman–Crippen MR) is 250 cm³/mol. The molecule has 9 aromatic carbocycles. The average molecular weight is 772 g/mol. The Morgan fingerprint density at radius 2 is 1.14 bits per heavy atom. The first-order valence-corrected chi connectivity index (χ1v) is 21.2. The summed E-state index contributed by atoms with van der Waals surface area (Å²) in [5.74, 6) is 0.401. The van der Waals surface area contributed by atoms with Gasteiger partial charge >= 0.3 is 0 Å². The standard InChI is InChI=1S/C56H37NOS/c1-2-13-36(14-3-1)44-28-25-40(49-33-39-15-4-5-18-43(39)45-19-6-7-20-46(45)49)34-52(44)57(42-27-29-54-50(35-42)47-21-8-10-23-53(47)58-54)41-17-12-16-37(31-41)38-26-30-56-51(32-38)48-22-9-11-24-55(48)59-56/h1-35,48,55H. The number of anilines is 3. The maximum atomic E-state index is 6.37. The molecule has 1 aromatic heterocycles. The lowest BCUT2D eigenvalue weighted by atomic mass is 9.90. The number of fused-ring (bicyclic) bond motifs is 9. The fourth-order valence-electron chi connectivity index (χ4n) is 9.37. The fourth-order valence-corrected chi connectivity index (χ4v) is 10.7. The average Bonchev–Trinajstić information content (AvgIpc) is 3.87. The number of nitrogens with zero attached hydrogens (tertiary/aromatic N) is 1. The van der Waals surface area contributed by atoms with Gasteiger partial charge in [-0.05, 0) is 116 Å². The third-order valence-corrected chi connectivity index (χ3v) is 13.5. The first-order chi connectivity index (χ1) is 29.2. The van der Waals surface area contributed by atoms with Gasteiger partial charge in [0.1, 0.15) is 11.2 Å². The third-order valence-electron chi connectivity index (χ3n) is 12.2. The highest BCUT2D eigenvalue weighted by atomic mass is 32.2. The molecule has 0 fully saturated rings. The van der Waals surface area contributed by atoms with Gasteiger partial charge in [-0.3, -0.25) is 0 Å². The number of furan rings is 1. The maximum Gasteiger partial charge on any atom is 0.135 e. The van der Waals surface area contributed by atoms with Crippen LogP contribution in [-0.4, -0.2) is 5.25 Å². The molecule has 12 rings (SSSR count). The van der Waals surface area contributed by atoms with Crippen LogP contribution in [0.2, 0.25) is 0 Å². The number of hydrogen-bond donors (Lipinski definition) is 0. The minimum Gasteiger partial charge on any atom is -0.456 e. The number of benzene rings is 9. The van der Waals surface area contributed by atoms with Gasteiger partial charge in [-0.1, -0.05) is 152 Å². The van der Waals surface area contributed by atoms with Crippen molar-refractivity contribution < 1.29 is 4.42 Å². The number of rotatable bonds is 6. The molecule has 2 nitrogen and oxygen atoms in total. The van der Waals surface area contributed by atoms with Crippen LogP contribution in [0.4, 0.5) is 17.1 Å². The molecule has 0 spiro atoms. The number of thioether (sulfide) groups is 1. The van der Waals surface area contributed by atoms with E-state index in [1.54, 1.807) is 0 Å². The summed E-state index contributed by atoms with van der Waals surface area (Å²) in [5, 5.41) is 7.67. The molecule has 10 aromatic rings. The fraction of sp³-hybridized carbons (Fsp3) is 0.0357. The van der Waals surface area contributed by atoms with Crippen molar-refractivity contribution in [3.8, 4) is 33.4 Å². The van der Waals surface area contributed by atoms with Gasteiger partial charge in [0.25, 0.3) is 0 Å². The van der Waals surface area contributed by atoms with Crippen molar-refractivity contribution in [3.63, 3.8) is 0 Å².